The van der Waals surface area contributed by atoms with Crippen LogP contribution in [0.5, 0.6) is 0 Å². The minimum absolute atomic E-state index is 0.0996. The van der Waals surface area contributed by atoms with Gasteiger partial charge in [0.15, 0.2) is 0 Å². The van der Waals surface area contributed by atoms with Crippen molar-refractivity contribution in [2.75, 3.05) is 19.7 Å². The zero-order valence-electron chi connectivity index (χ0n) is 11.9. The first-order chi connectivity index (χ1) is 9.33. The zero-order valence-corrected chi connectivity index (χ0v) is 11.9. The minimum Gasteiger partial charge on any atom is -0.466 e. The molecule has 0 unspecified atom stereocenters. The Labute approximate surface area is 116 Å². The molecule has 0 aliphatic heterocycles. The molecule has 1 N–H and O–H groups in total. The SMILES string of the molecule is CCCCNCCCOC(=O)CCc1ccccc1. The third-order valence-corrected chi connectivity index (χ3v) is 2.93. The highest BCUT2D eigenvalue weighted by Crippen LogP contribution is 2.03. The Kier molecular flexibility index (Phi) is 8.73. The van der Waals surface area contributed by atoms with E-state index in [1.807, 2.05) is 30.3 Å². The quantitative estimate of drug-likeness (QED) is 0.521. The molecule has 1 rings (SSSR count). The molecular formula is C16H25NO2. The monoisotopic (exact) mass is 263 g/mol. The Morgan fingerprint density at radius 2 is 1.89 bits per heavy atom. The lowest BCUT2D eigenvalue weighted by Gasteiger charge is -2.06. The number of benzene rings is 1. The number of carbonyl (C=O) groups is 1. The molecule has 0 aliphatic carbocycles. The van der Waals surface area contributed by atoms with Crippen LogP contribution in [-0.2, 0) is 16.0 Å². The van der Waals surface area contributed by atoms with Gasteiger partial charge in [-0.1, -0.05) is 43.7 Å². The predicted octanol–water partition coefficient (Wildman–Crippen LogP) is 2.94. The fraction of sp³-hybridized carbons (Fsp3) is 0.562. The number of hydrogen-bond acceptors (Lipinski definition) is 3. The maximum atomic E-state index is 11.5. The van der Waals surface area contributed by atoms with Crippen molar-refractivity contribution in [3.63, 3.8) is 0 Å². The van der Waals surface area contributed by atoms with Crippen LogP contribution in [0.25, 0.3) is 0 Å². The molecule has 0 aliphatic rings. The van der Waals surface area contributed by atoms with E-state index in [1.54, 1.807) is 0 Å². The van der Waals surface area contributed by atoms with Gasteiger partial charge >= 0.3 is 5.97 Å². The lowest BCUT2D eigenvalue weighted by Crippen LogP contribution is -2.18. The Balaban J connectivity index is 1.96. The number of hydrogen-bond donors (Lipinski definition) is 1. The van der Waals surface area contributed by atoms with Crippen LogP contribution in [0.2, 0.25) is 0 Å². The lowest BCUT2D eigenvalue weighted by molar-refractivity contribution is -0.143. The van der Waals surface area contributed by atoms with Crippen LogP contribution >= 0.6 is 0 Å². The molecule has 0 aromatic heterocycles. The highest BCUT2D eigenvalue weighted by Gasteiger charge is 2.03. The summed E-state index contributed by atoms with van der Waals surface area (Å²) in [5.74, 6) is -0.0996. The molecule has 0 spiro atoms. The average molecular weight is 263 g/mol. The zero-order chi connectivity index (χ0) is 13.8. The largest absolute Gasteiger partial charge is 0.466 e. The van der Waals surface area contributed by atoms with Crippen LogP contribution in [0.4, 0.5) is 0 Å². The summed E-state index contributed by atoms with van der Waals surface area (Å²) in [5, 5.41) is 3.33. The van der Waals surface area contributed by atoms with Gasteiger partial charge in [-0.05, 0) is 37.9 Å². The van der Waals surface area contributed by atoms with E-state index in [9.17, 15) is 4.79 Å². The van der Waals surface area contributed by atoms with Crippen LogP contribution in [-0.4, -0.2) is 25.7 Å². The number of rotatable bonds is 10. The lowest BCUT2D eigenvalue weighted by atomic mass is 10.1. The van der Waals surface area contributed by atoms with Crippen LogP contribution in [0.1, 0.15) is 38.2 Å². The minimum atomic E-state index is -0.0996. The number of nitrogens with one attached hydrogen (secondary N) is 1. The molecule has 0 radical (unpaired) electrons. The highest BCUT2D eigenvalue weighted by molar-refractivity contribution is 5.69. The van der Waals surface area contributed by atoms with Gasteiger partial charge in [-0.3, -0.25) is 4.79 Å². The van der Waals surface area contributed by atoms with Crippen molar-refractivity contribution in [3.05, 3.63) is 35.9 Å². The second-order valence-corrected chi connectivity index (χ2v) is 4.66. The van der Waals surface area contributed by atoms with Gasteiger partial charge in [-0.15, -0.1) is 0 Å². The van der Waals surface area contributed by atoms with Crippen molar-refractivity contribution in [2.45, 2.75) is 39.0 Å². The first kappa shape index (κ1) is 15.7. The van der Waals surface area contributed by atoms with E-state index in [1.165, 1.54) is 18.4 Å². The predicted molar refractivity (Wildman–Crippen MR) is 78.1 cm³/mol. The summed E-state index contributed by atoms with van der Waals surface area (Å²) >= 11 is 0. The number of aryl methyl sites for hydroxylation is 1. The summed E-state index contributed by atoms with van der Waals surface area (Å²) in [6.45, 7) is 4.67. The molecule has 3 heteroatoms. The van der Waals surface area contributed by atoms with Crippen LogP contribution in [0.3, 0.4) is 0 Å². The summed E-state index contributed by atoms with van der Waals surface area (Å²) in [5.41, 5.74) is 1.18. The van der Waals surface area contributed by atoms with Gasteiger partial charge in [-0.2, -0.15) is 0 Å². The normalized spacial score (nSPS) is 10.4. The first-order valence-corrected chi connectivity index (χ1v) is 7.23. The Morgan fingerprint density at radius 1 is 1.16 bits per heavy atom. The van der Waals surface area contributed by atoms with E-state index in [2.05, 4.69) is 12.2 Å². The van der Waals surface area contributed by atoms with Crippen molar-refractivity contribution < 1.29 is 9.53 Å². The smallest absolute Gasteiger partial charge is 0.306 e. The van der Waals surface area contributed by atoms with Gasteiger partial charge < -0.3 is 10.1 Å². The van der Waals surface area contributed by atoms with Crippen molar-refractivity contribution in [2.24, 2.45) is 0 Å². The number of esters is 1. The van der Waals surface area contributed by atoms with E-state index in [0.29, 0.717) is 13.0 Å². The summed E-state index contributed by atoms with van der Waals surface area (Å²) in [4.78, 5) is 11.5. The van der Waals surface area contributed by atoms with Gasteiger partial charge in [0.2, 0.25) is 0 Å². The second-order valence-electron chi connectivity index (χ2n) is 4.66. The fourth-order valence-electron chi connectivity index (χ4n) is 1.77. The van der Waals surface area contributed by atoms with Crippen molar-refractivity contribution in [3.8, 4) is 0 Å². The van der Waals surface area contributed by atoms with E-state index in [4.69, 9.17) is 4.74 Å². The summed E-state index contributed by atoms with van der Waals surface area (Å²) < 4.78 is 5.19. The highest BCUT2D eigenvalue weighted by atomic mass is 16.5. The summed E-state index contributed by atoms with van der Waals surface area (Å²) in [7, 11) is 0. The number of ether oxygens (including phenoxy) is 1. The standard InChI is InChI=1S/C16H25NO2/c1-2-3-12-17-13-7-14-19-16(18)11-10-15-8-5-4-6-9-15/h4-6,8-9,17H,2-3,7,10-14H2,1H3. The van der Waals surface area contributed by atoms with Crippen LogP contribution < -0.4 is 5.32 Å². The van der Waals surface area contributed by atoms with Crippen molar-refractivity contribution in [1.82, 2.24) is 5.32 Å². The van der Waals surface area contributed by atoms with E-state index in [0.717, 1.165) is 25.9 Å². The molecule has 0 atom stereocenters. The topological polar surface area (TPSA) is 38.3 Å². The molecule has 0 fully saturated rings. The molecule has 19 heavy (non-hydrogen) atoms. The van der Waals surface area contributed by atoms with Crippen molar-refractivity contribution >= 4 is 5.97 Å². The van der Waals surface area contributed by atoms with E-state index in [-0.39, 0.29) is 5.97 Å². The fourth-order valence-corrected chi connectivity index (χ4v) is 1.77. The maximum Gasteiger partial charge on any atom is 0.306 e. The third kappa shape index (κ3) is 8.38. The molecular weight excluding hydrogens is 238 g/mol. The molecule has 1 aromatic rings. The second kappa shape index (κ2) is 10.6. The molecule has 0 saturated heterocycles. The molecule has 1 aromatic carbocycles. The van der Waals surface area contributed by atoms with E-state index < -0.39 is 0 Å². The van der Waals surface area contributed by atoms with Crippen LogP contribution in [0, 0.1) is 0 Å². The van der Waals surface area contributed by atoms with Gasteiger partial charge in [0.05, 0.1) is 6.61 Å². The van der Waals surface area contributed by atoms with Crippen LogP contribution in [0.15, 0.2) is 30.3 Å². The molecule has 106 valence electrons. The average Bonchev–Trinajstić information content (AvgIpc) is 2.45. The maximum absolute atomic E-state index is 11.5. The molecule has 0 saturated carbocycles. The van der Waals surface area contributed by atoms with Crippen molar-refractivity contribution in [1.29, 1.82) is 0 Å². The molecule has 0 bridgehead atoms. The third-order valence-electron chi connectivity index (χ3n) is 2.93. The Hall–Kier alpha value is -1.35. The van der Waals surface area contributed by atoms with Gasteiger partial charge in [0.1, 0.15) is 0 Å². The number of unbranched alkanes of at least 4 members (excludes halogenated alkanes) is 1. The van der Waals surface area contributed by atoms with Gasteiger partial charge in [0.25, 0.3) is 0 Å². The number of carbonyl (C=O) groups excluding carboxylic acids is 1. The Morgan fingerprint density at radius 3 is 2.63 bits per heavy atom. The molecule has 0 amide bonds. The van der Waals surface area contributed by atoms with Gasteiger partial charge in [-0.25, -0.2) is 0 Å². The molecule has 0 heterocycles. The van der Waals surface area contributed by atoms with E-state index >= 15 is 0 Å². The summed E-state index contributed by atoms with van der Waals surface area (Å²) in [6, 6.07) is 10.0. The Bertz CT molecular complexity index is 338. The summed E-state index contributed by atoms with van der Waals surface area (Å²) in [6.07, 6.45) is 4.53. The molecule has 3 nitrogen and oxygen atoms in total. The van der Waals surface area contributed by atoms with Gasteiger partial charge in [0, 0.05) is 6.42 Å². The first-order valence-electron chi connectivity index (χ1n) is 7.23.